The summed E-state index contributed by atoms with van der Waals surface area (Å²) >= 11 is 1.52. The zero-order valence-corrected chi connectivity index (χ0v) is 13.2. The van der Waals surface area contributed by atoms with Crippen LogP contribution in [0.15, 0.2) is 40.7 Å². The fourth-order valence-electron chi connectivity index (χ4n) is 2.13. The first-order valence-electron chi connectivity index (χ1n) is 7.14. The summed E-state index contributed by atoms with van der Waals surface area (Å²) in [5.74, 6) is -0.355. The second-order valence-corrected chi connectivity index (χ2v) is 5.84. The SMILES string of the molecule is CCC[C@@H](N=CC(C#N)c1nc(C)cs1)c1ccccc1. The molecule has 2 rings (SSSR count). The molecule has 108 valence electrons. The molecule has 1 heterocycles. The molecule has 0 spiro atoms. The van der Waals surface area contributed by atoms with Crippen molar-refractivity contribution in [1.82, 2.24) is 4.98 Å². The van der Waals surface area contributed by atoms with Crippen molar-refractivity contribution < 1.29 is 0 Å². The highest BCUT2D eigenvalue weighted by molar-refractivity contribution is 7.09. The van der Waals surface area contributed by atoms with Gasteiger partial charge in [-0.25, -0.2) is 4.98 Å². The number of benzene rings is 1. The van der Waals surface area contributed by atoms with Gasteiger partial charge in [0.1, 0.15) is 10.9 Å². The van der Waals surface area contributed by atoms with Gasteiger partial charge in [0, 0.05) is 17.3 Å². The highest BCUT2D eigenvalue weighted by Crippen LogP contribution is 2.24. The van der Waals surface area contributed by atoms with Gasteiger partial charge in [-0.3, -0.25) is 4.99 Å². The summed E-state index contributed by atoms with van der Waals surface area (Å²) in [5.41, 5.74) is 2.15. The van der Waals surface area contributed by atoms with Crippen LogP contribution in [-0.2, 0) is 0 Å². The Kier molecular flexibility index (Phi) is 5.65. The molecule has 2 aromatic rings. The molecular weight excluding hydrogens is 278 g/mol. The average molecular weight is 297 g/mol. The number of aliphatic imine (C=N–C) groups is 1. The Hall–Kier alpha value is -1.99. The van der Waals surface area contributed by atoms with E-state index in [1.165, 1.54) is 16.9 Å². The third-order valence-corrected chi connectivity index (χ3v) is 4.25. The highest BCUT2D eigenvalue weighted by atomic mass is 32.1. The molecule has 1 aromatic heterocycles. The van der Waals surface area contributed by atoms with Crippen molar-refractivity contribution in [3.63, 3.8) is 0 Å². The van der Waals surface area contributed by atoms with E-state index in [-0.39, 0.29) is 12.0 Å². The largest absolute Gasteiger partial charge is 0.288 e. The van der Waals surface area contributed by atoms with E-state index >= 15 is 0 Å². The van der Waals surface area contributed by atoms with Gasteiger partial charge in [0.15, 0.2) is 0 Å². The molecule has 0 N–H and O–H groups in total. The van der Waals surface area contributed by atoms with E-state index in [1.807, 2.05) is 30.5 Å². The molecule has 1 unspecified atom stereocenters. The second kappa shape index (κ2) is 7.70. The molecule has 0 fully saturated rings. The maximum absolute atomic E-state index is 9.33. The molecule has 2 atom stereocenters. The van der Waals surface area contributed by atoms with Gasteiger partial charge in [-0.15, -0.1) is 11.3 Å². The lowest BCUT2D eigenvalue weighted by atomic mass is 10.0. The molecule has 0 aliphatic heterocycles. The normalized spacial score (nSPS) is 14.0. The molecule has 4 heteroatoms. The fraction of sp³-hybridized carbons (Fsp3) is 0.353. The van der Waals surface area contributed by atoms with Gasteiger partial charge in [-0.2, -0.15) is 5.26 Å². The Labute approximate surface area is 130 Å². The van der Waals surface area contributed by atoms with Crippen LogP contribution >= 0.6 is 11.3 Å². The first-order valence-corrected chi connectivity index (χ1v) is 8.02. The Morgan fingerprint density at radius 3 is 2.71 bits per heavy atom. The second-order valence-electron chi connectivity index (χ2n) is 4.95. The molecule has 3 nitrogen and oxygen atoms in total. The lowest BCUT2D eigenvalue weighted by Gasteiger charge is -2.12. The molecule has 0 aliphatic carbocycles. The zero-order chi connectivity index (χ0) is 15.1. The predicted molar refractivity (Wildman–Crippen MR) is 87.8 cm³/mol. The molecule has 21 heavy (non-hydrogen) atoms. The molecule has 0 aliphatic rings. The van der Waals surface area contributed by atoms with Crippen molar-refractivity contribution in [3.8, 4) is 6.07 Å². The Morgan fingerprint density at radius 1 is 1.38 bits per heavy atom. The molecule has 0 amide bonds. The molecule has 0 bridgehead atoms. The minimum Gasteiger partial charge on any atom is -0.288 e. The monoisotopic (exact) mass is 297 g/mol. The van der Waals surface area contributed by atoms with Crippen molar-refractivity contribution >= 4 is 17.6 Å². The van der Waals surface area contributed by atoms with Gasteiger partial charge in [-0.05, 0) is 18.9 Å². The minimum atomic E-state index is -0.355. The minimum absolute atomic E-state index is 0.119. The smallest absolute Gasteiger partial charge is 0.133 e. The summed E-state index contributed by atoms with van der Waals surface area (Å²) in [6.45, 7) is 4.09. The van der Waals surface area contributed by atoms with Gasteiger partial charge in [-0.1, -0.05) is 43.7 Å². The first-order chi connectivity index (χ1) is 10.2. The lowest BCUT2D eigenvalue weighted by molar-refractivity contribution is 0.641. The van der Waals surface area contributed by atoms with Gasteiger partial charge >= 0.3 is 0 Å². The summed E-state index contributed by atoms with van der Waals surface area (Å²) < 4.78 is 0. The van der Waals surface area contributed by atoms with Gasteiger partial charge in [0.05, 0.1) is 12.1 Å². The topological polar surface area (TPSA) is 49.0 Å². The summed E-state index contributed by atoms with van der Waals surface area (Å²) in [6, 6.07) is 12.6. The van der Waals surface area contributed by atoms with Crippen LogP contribution in [0.2, 0.25) is 0 Å². The van der Waals surface area contributed by atoms with Crippen molar-refractivity contribution in [2.45, 2.75) is 38.6 Å². The van der Waals surface area contributed by atoms with E-state index in [9.17, 15) is 5.26 Å². The number of aromatic nitrogens is 1. The van der Waals surface area contributed by atoms with E-state index < -0.39 is 0 Å². The van der Waals surface area contributed by atoms with Crippen molar-refractivity contribution in [2.75, 3.05) is 0 Å². The summed E-state index contributed by atoms with van der Waals surface area (Å²) in [6.07, 6.45) is 3.80. The average Bonchev–Trinajstić information content (AvgIpc) is 2.94. The molecule has 0 radical (unpaired) electrons. The van der Waals surface area contributed by atoms with Crippen LogP contribution in [-0.4, -0.2) is 11.2 Å². The summed E-state index contributed by atoms with van der Waals surface area (Å²) in [5, 5.41) is 12.1. The summed E-state index contributed by atoms with van der Waals surface area (Å²) in [4.78, 5) is 9.04. The van der Waals surface area contributed by atoms with E-state index in [0.717, 1.165) is 23.5 Å². The standard InChI is InChI=1S/C17H19N3S/c1-3-7-16(14-8-5-4-6-9-14)19-11-15(10-18)17-20-13(2)12-21-17/h4-6,8-9,11-12,15-16H,3,7H2,1-2H3/t15?,16-/m1/s1. The van der Waals surface area contributed by atoms with Crippen molar-refractivity contribution in [1.29, 1.82) is 5.26 Å². The van der Waals surface area contributed by atoms with Crippen LogP contribution in [0.3, 0.4) is 0 Å². The summed E-state index contributed by atoms with van der Waals surface area (Å²) in [7, 11) is 0. The van der Waals surface area contributed by atoms with Crippen LogP contribution in [0.5, 0.6) is 0 Å². The number of thiazole rings is 1. The number of aryl methyl sites for hydroxylation is 1. The maximum Gasteiger partial charge on any atom is 0.133 e. The molecule has 0 saturated heterocycles. The fourth-order valence-corrected chi connectivity index (χ4v) is 2.93. The van der Waals surface area contributed by atoms with Gasteiger partial charge in [0.2, 0.25) is 0 Å². The van der Waals surface area contributed by atoms with Crippen LogP contribution < -0.4 is 0 Å². The first kappa shape index (κ1) is 15.4. The highest BCUT2D eigenvalue weighted by Gasteiger charge is 2.14. The Morgan fingerprint density at radius 2 is 2.14 bits per heavy atom. The number of nitriles is 1. The van der Waals surface area contributed by atoms with Crippen LogP contribution in [0.4, 0.5) is 0 Å². The third-order valence-electron chi connectivity index (χ3n) is 3.20. The van der Waals surface area contributed by atoms with E-state index in [0.29, 0.717) is 0 Å². The Balaban J connectivity index is 2.17. The van der Waals surface area contributed by atoms with E-state index in [2.05, 4.69) is 35.1 Å². The molecule has 0 saturated carbocycles. The van der Waals surface area contributed by atoms with E-state index in [4.69, 9.17) is 0 Å². The van der Waals surface area contributed by atoms with Crippen LogP contribution in [0.1, 0.15) is 48.0 Å². The number of nitrogens with zero attached hydrogens (tertiary/aromatic N) is 3. The van der Waals surface area contributed by atoms with Crippen molar-refractivity contribution in [2.24, 2.45) is 4.99 Å². The molecular formula is C17H19N3S. The van der Waals surface area contributed by atoms with Crippen LogP contribution in [0.25, 0.3) is 0 Å². The van der Waals surface area contributed by atoms with Gasteiger partial charge < -0.3 is 0 Å². The number of rotatable bonds is 6. The van der Waals surface area contributed by atoms with Crippen molar-refractivity contribution in [3.05, 3.63) is 52.0 Å². The lowest BCUT2D eigenvalue weighted by Crippen LogP contribution is -2.01. The third kappa shape index (κ3) is 4.24. The Bertz CT molecular complexity index is 625. The van der Waals surface area contributed by atoms with Crippen LogP contribution in [0, 0.1) is 18.3 Å². The quantitative estimate of drug-likeness (QED) is 0.727. The van der Waals surface area contributed by atoms with Gasteiger partial charge in [0.25, 0.3) is 0 Å². The predicted octanol–water partition coefficient (Wildman–Crippen LogP) is 4.67. The molecule has 1 aromatic carbocycles. The number of hydrogen-bond donors (Lipinski definition) is 0. The van der Waals surface area contributed by atoms with E-state index in [1.54, 1.807) is 6.21 Å². The maximum atomic E-state index is 9.33. The number of hydrogen-bond acceptors (Lipinski definition) is 4. The zero-order valence-electron chi connectivity index (χ0n) is 12.4.